The normalized spacial score (nSPS) is 12.3. The van der Waals surface area contributed by atoms with Crippen LogP contribution in [0.3, 0.4) is 0 Å². The Balaban J connectivity index is 0.995. The number of allylic oxidation sites excluding steroid dienone is 1. The van der Waals surface area contributed by atoms with E-state index in [0.29, 0.717) is 0 Å². The van der Waals surface area contributed by atoms with Crippen molar-refractivity contribution >= 4 is 56.3 Å². The number of nitrogens with zero attached hydrogens (tertiary/aromatic N) is 1. The van der Waals surface area contributed by atoms with Crippen molar-refractivity contribution in [3.05, 3.63) is 329 Å². The summed E-state index contributed by atoms with van der Waals surface area (Å²) in [5.74, 6) is 0. The van der Waals surface area contributed by atoms with Gasteiger partial charge in [0.2, 0.25) is 0 Å². The van der Waals surface area contributed by atoms with Crippen LogP contribution >= 0.6 is 0 Å². The maximum atomic E-state index is 2.46. The predicted molar refractivity (Wildman–Crippen MR) is 320 cm³/mol. The Morgan fingerprint density at radius 3 is 1.59 bits per heavy atom. The number of para-hydroxylation sites is 2. The summed E-state index contributed by atoms with van der Waals surface area (Å²) < 4.78 is 2.38. The highest BCUT2D eigenvalue weighted by atomic mass is 15.0. The molecule has 1 aliphatic carbocycles. The molecule has 1 nitrogen and oxygen atoms in total. The van der Waals surface area contributed by atoms with Crippen LogP contribution in [0.25, 0.3) is 95.3 Å². The molecule has 0 saturated carbocycles. The van der Waals surface area contributed by atoms with Gasteiger partial charge in [-0.1, -0.05) is 237 Å². The van der Waals surface area contributed by atoms with Gasteiger partial charge in [0.15, 0.2) is 0 Å². The largest absolute Gasteiger partial charge is 0.309 e. The second kappa shape index (κ2) is 19.5. The minimum atomic E-state index is 1.13. The van der Waals surface area contributed by atoms with Gasteiger partial charge in [-0.05, 0) is 174 Å². The number of aromatic nitrogens is 1. The van der Waals surface area contributed by atoms with Gasteiger partial charge in [-0.2, -0.15) is 0 Å². The molecule has 0 radical (unpaired) electrons. The lowest BCUT2D eigenvalue weighted by atomic mass is 9.85. The molecule has 0 atom stereocenters. The molecule has 13 rings (SSSR count). The van der Waals surface area contributed by atoms with Gasteiger partial charge in [0.05, 0.1) is 11.0 Å². The second-order valence-corrected chi connectivity index (χ2v) is 19.7. The van der Waals surface area contributed by atoms with Crippen LogP contribution in [0.4, 0.5) is 0 Å². The Morgan fingerprint density at radius 1 is 0.347 bits per heavy atom. The Kier molecular flexibility index (Phi) is 11.8. The first-order valence-corrected chi connectivity index (χ1v) is 26.0. The molecule has 0 fully saturated rings. The number of rotatable bonds is 10. The summed E-state index contributed by atoms with van der Waals surface area (Å²) in [6, 6.07) is 99.9. The van der Waals surface area contributed by atoms with Crippen LogP contribution in [0.1, 0.15) is 62.6 Å². The van der Waals surface area contributed by atoms with Crippen LogP contribution in [0.15, 0.2) is 273 Å². The van der Waals surface area contributed by atoms with E-state index < -0.39 is 0 Å². The molecule has 0 bridgehead atoms. The highest BCUT2D eigenvalue weighted by molar-refractivity contribution is 6.14. The van der Waals surface area contributed by atoms with Crippen molar-refractivity contribution in [2.75, 3.05) is 0 Å². The molecular formula is C74H53N. The first kappa shape index (κ1) is 45.3. The molecule has 1 aliphatic rings. The lowest BCUT2D eigenvalue weighted by molar-refractivity contribution is 1.18. The lowest BCUT2D eigenvalue weighted by Gasteiger charge is -2.18. The molecule has 0 spiro atoms. The summed E-state index contributed by atoms with van der Waals surface area (Å²) in [6.07, 6.45) is 4.70. The smallest absolute Gasteiger partial charge is 0.0541 e. The maximum Gasteiger partial charge on any atom is 0.0541 e. The summed E-state index contributed by atoms with van der Waals surface area (Å²) in [6.45, 7) is 4.46. The molecule has 0 amide bonds. The topological polar surface area (TPSA) is 4.93 Å². The van der Waals surface area contributed by atoms with Gasteiger partial charge in [-0.3, -0.25) is 0 Å². The van der Waals surface area contributed by atoms with E-state index in [1.807, 2.05) is 0 Å². The average Bonchev–Trinajstić information content (AvgIpc) is 4.03. The van der Waals surface area contributed by atoms with E-state index in [0.717, 1.165) is 28.0 Å². The van der Waals surface area contributed by atoms with E-state index in [1.165, 1.54) is 111 Å². The molecule has 1 aromatic heterocycles. The first-order chi connectivity index (χ1) is 37.0. The van der Waals surface area contributed by atoms with Crippen molar-refractivity contribution in [1.82, 2.24) is 4.57 Å². The Hall–Kier alpha value is -9.56. The van der Waals surface area contributed by atoms with Gasteiger partial charge in [0, 0.05) is 16.5 Å². The van der Waals surface area contributed by atoms with Crippen molar-refractivity contribution in [3.63, 3.8) is 0 Å². The van der Waals surface area contributed by atoms with Crippen molar-refractivity contribution in [2.45, 2.75) is 13.8 Å². The Labute approximate surface area is 440 Å². The predicted octanol–water partition coefficient (Wildman–Crippen LogP) is 19.6. The summed E-state index contributed by atoms with van der Waals surface area (Å²) in [7, 11) is 0. The van der Waals surface area contributed by atoms with E-state index >= 15 is 0 Å². The van der Waals surface area contributed by atoms with E-state index in [9.17, 15) is 0 Å². The van der Waals surface area contributed by atoms with E-state index in [1.54, 1.807) is 0 Å². The van der Waals surface area contributed by atoms with Crippen molar-refractivity contribution in [1.29, 1.82) is 0 Å². The summed E-state index contributed by atoms with van der Waals surface area (Å²) in [5, 5.41) is 2.49. The molecule has 0 saturated heterocycles. The summed E-state index contributed by atoms with van der Waals surface area (Å²) in [4.78, 5) is 0. The number of benzene rings is 11. The lowest BCUT2D eigenvalue weighted by Crippen LogP contribution is -1.97. The summed E-state index contributed by atoms with van der Waals surface area (Å²) >= 11 is 0. The highest BCUT2D eigenvalue weighted by Gasteiger charge is 2.28. The van der Waals surface area contributed by atoms with Crippen LogP contribution in [-0.2, 0) is 0 Å². The molecular weight excluding hydrogens is 903 g/mol. The van der Waals surface area contributed by atoms with Crippen LogP contribution in [0, 0.1) is 6.92 Å². The van der Waals surface area contributed by atoms with Gasteiger partial charge in [-0.15, -0.1) is 0 Å². The van der Waals surface area contributed by atoms with Gasteiger partial charge >= 0.3 is 0 Å². The third-order valence-corrected chi connectivity index (χ3v) is 15.1. The minimum Gasteiger partial charge on any atom is -0.309 e. The molecule has 75 heavy (non-hydrogen) atoms. The molecule has 12 aromatic rings. The van der Waals surface area contributed by atoms with Gasteiger partial charge in [0.25, 0.3) is 0 Å². The van der Waals surface area contributed by atoms with Crippen molar-refractivity contribution in [2.24, 2.45) is 0 Å². The van der Waals surface area contributed by atoms with Crippen LogP contribution in [0.5, 0.6) is 0 Å². The molecule has 0 N–H and O–H groups in total. The average molecular weight is 956 g/mol. The zero-order valence-electron chi connectivity index (χ0n) is 42.1. The third kappa shape index (κ3) is 8.45. The molecule has 1 heterocycles. The highest BCUT2D eigenvalue weighted by Crippen LogP contribution is 2.50. The number of aryl methyl sites for hydroxylation is 1. The summed E-state index contributed by atoms with van der Waals surface area (Å²) in [5.41, 5.74) is 27.7. The van der Waals surface area contributed by atoms with Crippen LogP contribution < -0.4 is 0 Å². The SMILES string of the molecule is C/C(=C/c1ccccc1)c1ccc(C(=Cc2ccc(-c3ccc4c(c3)c3ccccc3n4-c3ccccc3)cc2)c2ccc3c(c2)C(=C(c2ccccc2)c2ccccc2)c2ccccc2-3)cc1-c1ccccc1C. The standard InChI is InChI=1S/C74H53N/c1-50-21-15-16-30-61(50)68-48-58(39-42-62(68)51(2)45-52-22-7-3-8-23-52)67(46-53-35-37-54(38-36-53)57-41-44-72-69(47-57)65-32-19-20-34-71(65)75(72)60-28-13-6-14-29-60)59-40-43-64-63-31-17-18-33-66(63)74(70(64)49-59)73(55-24-9-4-10-25-55)56-26-11-5-12-27-56/h3-49H,1-2H3/b51-45-,67-46?. The van der Waals surface area contributed by atoms with E-state index in [-0.39, 0.29) is 0 Å². The molecule has 0 unspecified atom stereocenters. The zero-order valence-corrected chi connectivity index (χ0v) is 42.1. The number of hydrogen-bond donors (Lipinski definition) is 0. The number of fused-ring (bicyclic) bond motifs is 6. The van der Waals surface area contributed by atoms with Crippen LogP contribution in [0.2, 0.25) is 0 Å². The zero-order chi connectivity index (χ0) is 50.2. The van der Waals surface area contributed by atoms with E-state index in [4.69, 9.17) is 0 Å². The maximum absolute atomic E-state index is 2.46. The first-order valence-electron chi connectivity index (χ1n) is 26.0. The minimum absolute atomic E-state index is 1.13. The molecule has 1 heteroatoms. The molecule has 11 aromatic carbocycles. The van der Waals surface area contributed by atoms with Crippen molar-refractivity contribution in [3.8, 4) is 39.1 Å². The van der Waals surface area contributed by atoms with Gasteiger partial charge in [0.1, 0.15) is 0 Å². The third-order valence-electron chi connectivity index (χ3n) is 15.1. The Bertz CT molecular complexity index is 4150. The van der Waals surface area contributed by atoms with E-state index in [2.05, 4.69) is 304 Å². The fraction of sp³-hybridized carbons (Fsp3) is 0.0270. The fourth-order valence-electron chi connectivity index (χ4n) is 11.5. The molecule has 354 valence electrons. The van der Waals surface area contributed by atoms with Crippen LogP contribution in [-0.4, -0.2) is 4.57 Å². The molecule has 0 aliphatic heterocycles. The van der Waals surface area contributed by atoms with Gasteiger partial charge < -0.3 is 4.57 Å². The van der Waals surface area contributed by atoms with Crippen molar-refractivity contribution < 1.29 is 0 Å². The van der Waals surface area contributed by atoms with Gasteiger partial charge in [-0.25, -0.2) is 0 Å². The number of hydrogen-bond acceptors (Lipinski definition) is 0. The quantitative estimate of drug-likeness (QED) is 0.120. The fourth-order valence-corrected chi connectivity index (χ4v) is 11.5. The second-order valence-electron chi connectivity index (χ2n) is 19.7. The Morgan fingerprint density at radius 2 is 0.880 bits per heavy atom. The monoisotopic (exact) mass is 955 g/mol.